The van der Waals surface area contributed by atoms with Gasteiger partial charge in [0.1, 0.15) is 0 Å². The first kappa shape index (κ1) is 18.9. The number of hydrogen-bond acceptors (Lipinski definition) is 3. The van der Waals surface area contributed by atoms with Crippen molar-refractivity contribution in [3.05, 3.63) is 0 Å². The van der Waals surface area contributed by atoms with Crippen LogP contribution in [-0.2, 0) is 4.74 Å². The van der Waals surface area contributed by atoms with Gasteiger partial charge in [-0.3, -0.25) is 0 Å². The fourth-order valence-electron chi connectivity index (χ4n) is 3.25. The first-order chi connectivity index (χ1) is 10.1. The molecule has 0 saturated heterocycles. The Hall–Kier alpha value is -0.120. The average molecular weight is 299 g/mol. The summed E-state index contributed by atoms with van der Waals surface area (Å²) in [4.78, 5) is 0. The van der Waals surface area contributed by atoms with Crippen LogP contribution >= 0.6 is 0 Å². The molecule has 1 fully saturated rings. The lowest BCUT2D eigenvalue weighted by Crippen LogP contribution is -2.42. The van der Waals surface area contributed by atoms with Crippen LogP contribution < -0.4 is 5.32 Å². The highest BCUT2D eigenvalue weighted by molar-refractivity contribution is 4.90. The van der Waals surface area contributed by atoms with Gasteiger partial charge in [-0.15, -0.1) is 0 Å². The maximum atomic E-state index is 9.96. The molecule has 21 heavy (non-hydrogen) atoms. The molecule has 0 aromatic heterocycles. The Morgan fingerprint density at radius 3 is 2.57 bits per heavy atom. The summed E-state index contributed by atoms with van der Waals surface area (Å²) >= 11 is 0. The smallest absolute Gasteiger partial charge is 0.0897 e. The summed E-state index contributed by atoms with van der Waals surface area (Å²) in [7, 11) is 0. The first-order valence-corrected chi connectivity index (χ1v) is 9.05. The van der Waals surface area contributed by atoms with Gasteiger partial charge in [0.25, 0.3) is 0 Å². The number of aliphatic hydroxyl groups excluding tert-OH is 1. The van der Waals surface area contributed by atoms with Crippen LogP contribution in [0, 0.1) is 5.41 Å². The van der Waals surface area contributed by atoms with Crippen LogP contribution in [0.2, 0.25) is 0 Å². The fraction of sp³-hybridized carbons (Fsp3) is 1.00. The van der Waals surface area contributed by atoms with Crippen molar-refractivity contribution in [1.29, 1.82) is 0 Å². The molecule has 1 aliphatic carbocycles. The van der Waals surface area contributed by atoms with Crippen LogP contribution in [0.1, 0.15) is 78.6 Å². The monoisotopic (exact) mass is 299 g/mol. The highest BCUT2D eigenvalue weighted by Gasteiger charge is 2.34. The van der Waals surface area contributed by atoms with Crippen molar-refractivity contribution in [2.45, 2.75) is 90.7 Å². The summed E-state index contributed by atoms with van der Waals surface area (Å²) in [6, 6.07) is 0.547. The summed E-state index contributed by atoms with van der Waals surface area (Å²) < 4.78 is 5.58. The van der Waals surface area contributed by atoms with E-state index in [0.29, 0.717) is 24.6 Å². The molecule has 0 aromatic rings. The fourth-order valence-corrected chi connectivity index (χ4v) is 3.25. The molecular weight excluding hydrogens is 262 g/mol. The molecule has 2 atom stereocenters. The molecule has 1 aliphatic rings. The third-order valence-corrected chi connectivity index (χ3v) is 4.81. The molecule has 0 spiro atoms. The zero-order valence-corrected chi connectivity index (χ0v) is 14.5. The van der Waals surface area contributed by atoms with Crippen LogP contribution in [0.5, 0.6) is 0 Å². The molecule has 3 heteroatoms. The minimum absolute atomic E-state index is 0.374. The summed E-state index contributed by atoms with van der Waals surface area (Å²) in [5, 5.41) is 13.5. The van der Waals surface area contributed by atoms with Crippen LogP contribution in [0.25, 0.3) is 0 Å². The van der Waals surface area contributed by atoms with Gasteiger partial charge in [-0.2, -0.15) is 0 Å². The molecule has 0 aliphatic heterocycles. The Labute approximate surface area is 131 Å². The van der Waals surface area contributed by atoms with Gasteiger partial charge in [-0.25, -0.2) is 0 Å². The lowest BCUT2D eigenvalue weighted by molar-refractivity contribution is 0.0323. The second kappa shape index (κ2) is 10.6. The van der Waals surface area contributed by atoms with Crippen LogP contribution in [0.15, 0.2) is 0 Å². The van der Waals surface area contributed by atoms with Crippen molar-refractivity contribution in [2.75, 3.05) is 19.8 Å². The quantitative estimate of drug-likeness (QED) is 0.537. The van der Waals surface area contributed by atoms with Crippen molar-refractivity contribution in [2.24, 2.45) is 5.41 Å². The second-order valence-corrected chi connectivity index (χ2v) is 7.34. The van der Waals surface area contributed by atoms with Gasteiger partial charge in [0.2, 0.25) is 0 Å². The molecule has 0 amide bonds. The molecular formula is C18H37NO2. The Bertz CT molecular complexity index is 256. The number of rotatable bonds is 12. The number of ether oxygens (including phenoxy) is 1. The predicted octanol–water partition coefficient (Wildman–Crippen LogP) is 3.89. The van der Waals surface area contributed by atoms with Crippen molar-refractivity contribution in [3.8, 4) is 0 Å². The lowest BCUT2D eigenvalue weighted by Gasteiger charge is -2.28. The summed E-state index contributed by atoms with van der Waals surface area (Å²) in [6.07, 6.45) is 11.1. The van der Waals surface area contributed by atoms with Crippen molar-refractivity contribution < 1.29 is 9.84 Å². The molecule has 2 N–H and O–H groups in total. The van der Waals surface area contributed by atoms with E-state index in [2.05, 4.69) is 26.1 Å². The van der Waals surface area contributed by atoms with Gasteiger partial charge in [0, 0.05) is 19.2 Å². The van der Waals surface area contributed by atoms with E-state index in [1.807, 2.05) is 0 Å². The molecule has 0 bridgehead atoms. The largest absolute Gasteiger partial charge is 0.389 e. The van der Waals surface area contributed by atoms with E-state index < -0.39 is 0 Å². The van der Waals surface area contributed by atoms with Crippen molar-refractivity contribution >= 4 is 0 Å². The highest BCUT2D eigenvalue weighted by atomic mass is 16.5. The summed E-state index contributed by atoms with van der Waals surface area (Å²) in [5.41, 5.74) is 0.374. The van der Waals surface area contributed by atoms with Crippen LogP contribution in [-0.4, -0.2) is 37.0 Å². The van der Waals surface area contributed by atoms with Gasteiger partial charge in [-0.1, -0.05) is 59.3 Å². The number of nitrogens with one attached hydrogen (secondary N) is 1. The standard InChI is InChI=1S/C18H37NO2/c1-4-5-6-7-8-9-13-21-15-16(20)14-19-17-11-10-12-18(17,2)3/h16-17,19-20H,4-15H2,1-3H3. The molecule has 0 radical (unpaired) electrons. The number of hydrogen-bond donors (Lipinski definition) is 2. The summed E-state index contributed by atoms with van der Waals surface area (Å²) in [6.45, 7) is 8.79. The van der Waals surface area contributed by atoms with Crippen LogP contribution in [0.4, 0.5) is 0 Å². The highest BCUT2D eigenvalue weighted by Crippen LogP contribution is 2.36. The minimum Gasteiger partial charge on any atom is -0.389 e. The zero-order valence-electron chi connectivity index (χ0n) is 14.5. The predicted molar refractivity (Wildman–Crippen MR) is 89.6 cm³/mol. The SMILES string of the molecule is CCCCCCCCOCC(O)CNC1CCCC1(C)C. The van der Waals surface area contributed by atoms with Crippen molar-refractivity contribution in [3.63, 3.8) is 0 Å². The molecule has 1 saturated carbocycles. The second-order valence-electron chi connectivity index (χ2n) is 7.34. The summed E-state index contributed by atoms with van der Waals surface area (Å²) in [5.74, 6) is 0. The molecule has 1 rings (SSSR count). The van der Waals surface area contributed by atoms with Gasteiger partial charge >= 0.3 is 0 Å². The van der Waals surface area contributed by atoms with Crippen molar-refractivity contribution in [1.82, 2.24) is 5.32 Å². The average Bonchev–Trinajstić information content (AvgIpc) is 2.78. The zero-order chi connectivity index (χ0) is 15.6. The Balaban J connectivity index is 1.93. The maximum Gasteiger partial charge on any atom is 0.0897 e. The topological polar surface area (TPSA) is 41.5 Å². The van der Waals surface area contributed by atoms with Gasteiger partial charge in [-0.05, 0) is 24.7 Å². The maximum absolute atomic E-state index is 9.96. The van der Waals surface area contributed by atoms with E-state index in [0.717, 1.165) is 13.0 Å². The van der Waals surface area contributed by atoms with E-state index >= 15 is 0 Å². The Kier molecular flexibility index (Phi) is 9.54. The van der Waals surface area contributed by atoms with Gasteiger partial charge in [0.05, 0.1) is 12.7 Å². The minimum atomic E-state index is -0.374. The first-order valence-electron chi connectivity index (χ1n) is 9.05. The van der Waals surface area contributed by atoms with Gasteiger partial charge in [0.15, 0.2) is 0 Å². The number of aliphatic hydroxyl groups is 1. The van der Waals surface area contributed by atoms with E-state index in [1.54, 1.807) is 0 Å². The van der Waals surface area contributed by atoms with E-state index in [1.165, 1.54) is 51.4 Å². The molecule has 0 aromatic carbocycles. The third-order valence-electron chi connectivity index (χ3n) is 4.81. The third kappa shape index (κ3) is 8.18. The molecule has 2 unspecified atom stereocenters. The van der Waals surface area contributed by atoms with Gasteiger partial charge < -0.3 is 15.2 Å². The van der Waals surface area contributed by atoms with E-state index in [-0.39, 0.29) is 6.10 Å². The molecule has 0 heterocycles. The van der Waals surface area contributed by atoms with E-state index in [4.69, 9.17) is 4.74 Å². The Morgan fingerprint density at radius 1 is 1.19 bits per heavy atom. The normalized spacial score (nSPS) is 22.6. The number of unbranched alkanes of at least 4 members (excludes halogenated alkanes) is 5. The lowest BCUT2D eigenvalue weighted by atomic mass is 9.87. The Morgan fingerprint density at radius 2 is 1.90 bits per heavy atom. The van der Waals surface area contributed by atoms with Crippen LogP contribution in [0.3, 0.4) is 0 Å². The van der Waals surface area contributed by atoms with E-state index in [9.17, 15) is 5.11 Å². The molecule has 3 nitrogen and oxygen atoms in total. The molecule has 126 valence electrons.